The topological polar surface area (TPSA) is 34.8 Å². The third-order valence-electron chi connectivity index (χ3n) is 3.20. The molecule has 2 aromatic rings. The van der Waals surface area contributed by atoms with Crippen molar-refractivity contribution in [3.63, 3.8) is 0 Å². The Bertz CT molecular complexity index is 521. The molecule has 16 heavy (non-hydrogen) atoms. The highest BCUT2D eigenvalue weighted by Crippen LogP contribution is 2.28. The number of aryl methyl sites for hydroxylation is 2. The minimum atomic E-state index is 0.955. The van der Waals surface area contributed by atoms with Crippen LogP contribution in [0.2, 0.25) is 0 Å². The van der Waals surface area contributed by atoms with Gasteiger partial charge in [0, 0.05) is 55.9 Å². The fraction of sp³-hybridized carbons (Fsp3) is 0.417. The Morgan fingerprint density at radius 1 is 1.38 bits per heavy atom. The number of rotatable bonds is 1. The van der Waals surface area contributed by atoms with Crippen molar-refractivity contribution in [2.75, 3.05) is 6.54 Å². The zero-order valence-electron chi connectivity index (χ0n) is 9.70. The summed E-state index contributed by atoms with van der Waals surface area (Å²) in [6, 6.07) is 2.20. The Morgan fingerprint density at radius 2 is 2.25 bits per heavy atom. The summed E-state index contributed by atoms with van der Waals surface area (Å²) in [6.07, 6.45) is 4.28. The maximum Gasteiger partial charge on any atom is 0.0672 e. The van der Waals surface area contributed by atoms with Gasteiger partial charge in [0.1, 0.15) is 0 Å². The summed E-state index contributed by atoms with van der Waals surface area (Å²) in [5, 5.41) is 7.82. The van der Waals surface area contributed by atoms with Crippen LogP contribution in [0.5, 0.6) is 0 Å². The van der Waals surface area contributed by atoms with Crippen LogP contribution in [0, 0.1) is 6.92 Å². The smallest absolute Gasteiger partial charge is 0.0672 e. The first-order valence-corrected chi connectivity index (χ1v) is 5.65. The van der Waals surface area contributed by atoms with Gasteiger partial charge in [-0.05, 0) is 13.0 Å². The van der Waals surface area contributed by atoms with Crippen molar-refractivity contribution in [3.8, 4) is 11.1 Å². The lowest BCUT2D eigenvalue weighted by molar-refractivity contribution is 0.517. The van der Waals surface area contributed by atoms with E-state index in [4.69, 9.17) is 0 Å². The summed E-state index contributed by atoms with van der Waals surface area (Å²) in [7, 11) is 1.97. The van der Waals surface area contributed by atoms with Gasteiger partial charge in [0.2, 0.25) is 0 Å². The lowest BCUT2D eigenvalue weighted by Gasteiger charge is -2.17. The quantitative estimate of drug-likeness (QED) is 0.779. The van der Waals surface area contributed by atoms with Crippen LogP contribution in [0.25, 0.3) is 11.1 Å². The van der Waals surface area contributed by atoms with Gasteiger partial charge in [0.05, 0.1) is 5.69 Å². The molecule has 0 saturated carbocycles. The SMILES string of the molecule is Cc1nn(C)cc1-c1ccn2c1CNCC2. The Balaban J connectivity index is 2.13. The molecule has 0 aromatic carbocycles. The molecule has 0 saturated heterocycles. The molecule has 0 unspecified atom stereocenters. The Kier molecular flexibility index (Phi) is 2.11. The zero-order chi connectivity index (χ0) is 11.1. The average molecular weight is 216 g/mol. The van der Waals surface area contributed by atoms with Crippen molar-refractivity contribution in [2.24, 2.45) is 7.05 Å². The average Bonchev–Trinajstić information content (AvgIpc) is 2.81. The highest BCUT2D eigenvalue weighted by molar-refractivity contribution is 5.68. The second kappa shape index (κ2) is 3.49. The molecule has 0 fully saturated rings. The Labute approximate surface area is 94.9 Å². The molecule has 4 nitrogen and oxygen atoms in total. The Morgan fingerprint density at radius 3 is 3.00 bits per heavy atom. The van der Waals surface area contributed by atoms with Crippen LogP contribution in [0.4, 0.5) is 0 Å². The number of fused-ring (bicyclic) bond motifs is 1. The van der Waals surface area contributed by atoms with Gasteiger partial charge in [-0.15, -0.1) is 0 Å². The van der Waals surface area contributed by atoms with E-state index in [0.29, 0.717) is 0 Å². The van der Waals surface area contributed by atoms with Crippen molar-refractivity contribution in [1.82, 2.24) is 19.7 Å². The highest BCUT2D eigenvalue weighted by atomic mass is 15.2. The minimum Gasteiger partial charge on any atom is -0.348 e. The van der Waals surface area contributed by atoms with E-state index in [2.05, 4.69) is 40.4 Å². The van der Waals surface area contributed by atoms with Gasteiger partial charge in [-0.1, -0.05) is 0 Å². The number of hydrogen-bond acceptors (Lipinski definition) is 2. The molecule has 3 rings (SSSR count). The number of aromatic nitrogens is 3. The van der Waals surface area contributed by atoms with E-state index in [0.717, 1.165) is 25.3 Å². The van der Waals surface area contributed by atoms with E-state index in [1.165, 1.54) is 16.8 Å². The van der Waals surface area contributed by atoms with E-state index >= 15 is 0 Å². The van der Waals surface area contributed by atoms with E-state index in [1.807, 2.05) is 11.7 Å². The second-order valence-electron chi connectivity index (χ2n) is 4.35. The molecule has 0 radical (unpaired) electrons. The number of hydrogen-bond donors (Lipinski definition) is 1. The molecule has 0 bridgehead atoms. The molecule has 0 amide bonds. The van der Waals surface area contributed by atoms with Crippen molar-refractivity contribution >= 4 is 0 Å². The van der Waals surface area contributed by atoms with E-state index in [1.54, 1.807) is 0 Å². The van der Waals surface area contributed by atoms with E-state index < -0.39 is 0 Å². The van der Waals surface area contributed by atoms with Crippen molar-refractivity contribution in [2.45, 2.75) is 20.0 Å². The van der Waals surface area contributed by atoms with Crippen LogP contribution in [0.3, 0.4) is 0 Å². The molecule has 1 aliphatic heterocycles. The van der Waals surface area contributed by atoms with Crippen molar-refractivity contribution in [1.29, 1.82) is 0 Å². The molecule has 4 heteroatoms. The van der Waals surface area contributed by atoms with Crippen molar-refractivity contribution in [3.05, 3.63) is 29.8 Å². The first-order chi connectivity index (χ1) is 7.75. The van der Waals surface area contributed by atoms with Gasteiger partial charge in [0.25, 0.3) is 0 Å². The first kappa shape index (κ1) is 9.66. The van der Waals surface area contributed by atoms with Gasteiger partial charge in [-0.2, -0.15) is 5.10 Å². The molecule has 1 N–H and O–H groups in total. The second-order valence-corrected chi connectivity index (χ2v) is 4.35. The fourth-order valence-electron chi connectivity index (χ4n) is 2.43. The molecule has 1 aliphatic rings. The Hall–Kier alpha value is -1.55. The van der Waals surface area contributed by atoms with Gasteiger partial charge in [0.15, 0.2) is 0 Å². The molecule has 0 atom stereocenters. The maximum absolute atomic E-state index is 4.40. The third kappa shape index (κ3) is 1.38. The fourth-order valence-corrected chi connectivity index (χ4v) is 2.43. The molecule has 0 aliphatic carbocycles. The summed E-state index contributed by atoms with van der Waals surface area (Å²) in [4.78, 5) is 0. The number of nitrogens with one attached hydrogen (secondary N) is 1. The lowest BCUT2D eigenvalue weighted by Crippen LogP contribution is -2.27. The molecular formula is C12H16N4. The summed E-state index contributed by atoms with van der Waals surface area (Å²) in [6.45, 7) is 5.15. The van der Waals surface area contributed by atoms with E-state index in [-0.39, 0.29) is 0 Å². The third-order valence-corrected chi connectivity index (χ3v) is 3.20. The van der Waals surface area contributed by atoms with Crippen LogP contribution in [0.1, 0.15) is 11.4 Å². The van der Waals surface area contributed by atoms with Crippen LogP contribution in [-0.2, 0) is 20.1 Å². The first-order valence-electron chi connectivity index (χ1n) is 5.65. The summed E-state index contributed by atoms with van der Waals surface area (Å²) in [5.74, 6) is 0. The zero-order valence-corrected chi connectivity index (χ0v) is 9.70. The normalized spacial score (nSPS) is 15.1. The summed E-state index contributed by atoms with van der Waals surface area (Å²) < 4.78 is 4.21. The van der Waals surface area contributed by atoms with E-state index in [9.17, 15) is 0 Å². The highest BCUT2D eigenvalue weighted by Gasteiger charge is 2.16. The van der Waals surface area contributed by atoms with Crippen LogP contribution >= 0.6 is 0 Å². The molecule has 3 heterocycles. The largest absolute Gasteiger partial charge is 0.348 e. The summed E-state index contributed by atoms with van der Waals surface area (Å²) >= 11 is 0. The monoisotopic (exact) mass is 216 g/mol. The predicted octanol–water partition coefficient (Wildman–Crippen LogP) is 1.30. The van der Waals surface area contributed by atoms with Gasteiger partial charge in [-0.25, -0.2) is 0 Å². The van der Waals surface area contributed by atoms with Gasteiger partial charge >= 0.3 is 0 Å². The summed E-state index contributed by atoms with van der Waals surface area (Å²) in [5.41, 5.74) is 5.04. The maximum atomic E-state index is 4.40. The predicted molar refractivity (Wildman–Crippen MR) is 63.1 cm³/mol. The van der Waals surface area contributed by atoms with Gasteiger partial charge < -0.3 is 9.88 Å². The van der Waals surface area contributed by atoms with Crippen LogP contribution in [-0.4, -0.2) is 20.9 Å². The van der Waals surface area contributed by atoms with Crippen molar-refractivity contribution < 1.29 is 0 Å². The van der Waals surface area contributed by atoms with Crippen LogP contribution in [0.15, 0.2) is 18.5 Å². The molecule has 84 valence electrons. The standard InChI is InChI=1S/C12H16N4/c1-9-11(8-15(2)14-9)10-3-5-16-6-4-13-7-12(10)16/h3,5,8,13H,4,6-7H2,1-2H3. The lowest BCUT2D eigenvalue weighted by atomic mass is 10.1. The molecule has 0 spiro atoms. The number of nitrogens with zero attached hydrogens (tertiary/aromatic N) is 3. The molecular weight excluding hydrogens is 200 g/mol. The van der Waals surface area contributed by atoms with Crippen LogP contribution < -0.4 is 5.32 Å². The molecule has 2 aromatic heterocycles. The minimum absolute atomic E-state index is 0.955. The van der Waals surface area contributed by atoms with Gasteiger partial charge in [-0.3, -0.25) is 4.68 Å².